The van der Waals surface area contributed by atoms with Crippen LogP contribution in [0.2, 0.25) is 10.0 Å². The van der Waals surface area contributed by atoms with E-state index >= 15 is 0 Å². The van der Waals surface area contributed by atoms with Crippen molar-refractivity contribution in [3.05, 3.63) is 63.6 Å². The monoisotopic (exact) mass is 447 g/mol. The van der Waals surface area contributed by atoms with Crippen LogP contribution in [-0.2, 0) is 16.0 Å². The maximum Gasteiger partial charge on any atom is 0.269 e. The Bertz CT molecular complexity index is 926. The van der Waals surface area contributed by atoms with Crippen LogP contribution >= 0.6 is 23.2 Å². The fourth-order valence-corrected chi connectivity index (χ4v) is 3.88. The second-order valence-electron chi connectivity index (χ2n) is 7.32. The van der Waals surface area contributed by atoms with E-state index in [1.165, 1.54) is 0 Å². The van der Waals surface area contributed by atoms with Gasteiger partial charge in [-0.25, -0.2) is 0 Å². The molecule has 6 nitrogen and oxygen atoms in total. The van der Waals surface area contributed by atoms with Gasteiger partial charge in [0.1, 0.15) is 0 Å². The molecule has 0 spiro atoms. The number of anilines is 1. The summed E-state index contributed by atoms with van der Waals surface area (Å²) in [7, 11) is 0. The van der Waals surface area contributed by atoms with E-state index < -0.39 is 5.91 Å². The fourth-order valence-electron chi connectivity index (χ4n) is 3.41. The van der Waals surface area contributed by atoms with Gasteiger partial charge in [-0.2, -0.15) is 0 Å². The molecule has 0 unspecified atom stereocenters. The quantitative estimate of drug-likeness (QED) is 0.588. The Labute approximate surface area is 185 Å². The maximum atomic E-state index is 12.2. The van der Waals surface area contributed by atoms with Crippen LogP contribution in [0.1, 0.15) is 48.0 Å². The highest BCUT2D eigenvalue weighted by molar-refractivity contribution is 6.35. The zero-order valence-electron chi connectivity index (χ0n) is 16.3. The van der Waals surface area contributed by atoms with Crippen molar-refractivity contribution >= 4 is 46.6 Å². The van der Waals surface area contributed by atoms with E-state index in [1.54, 1.807) is 42.5 Å². The summed E-state index contributed by atoms with van der Waals surface area (Å²) in [5.41, 5.74) is 6.54. The number of hydrazine groups is 1. The van der Waals surface area contributed by atoms with Crippen molar-refractivity contribution in [3.63, 3.8) is 0 Å². The standard InChI is InChI=1S/C22H23Cl2N3O3/c23-17-9-6-16(19(24)13-17)12-20(28)25-18-10-7-15(8-11-18)22(30)27-26-21(29)14-4-2-1-3-5-14/h6-11,13-14H,1-5,12H2,(H,25,28)(H,26,29)(H,27,30). The Balaban J connectivity index is 1.49. The number of hydrogen-bond donors (Lipinski definition) is 3. The van der Waals surface area contributed by atoms with Crippen molar-refractivity contribution < 1.29 is 14.4 Å². The van der Waals surface area contributed by atoms with Gasteiger partial charge in [0.25, 0.3) is 5.91 Å². The van der Waals surface area contributed by atoms with Crippen molar-refractivity contribution in [2.75, 3.05) is 5.32 Å². The van der Waals surface area contributed by atoms with Crippen LogP contribution in [0.4, 0.5) is 5.69 Å². The third-order valence-electron chi connectivity index (χ3n) is 5.07. The Morgan fingerprint density at radius 3 is 2.27 bits per heavy atom. The van der Waals surface area contributed by atoms with Crippen molar-refractivity contribution in [1.82, 2.24) is 10.9 Å². The molecule has 158 valence electrons. The van der Waals surface area contributed by atoms with Gasteiger partial charge in [0.2, 0.25) is 11.8 Å². The molecule has 0 saturated heterocycles. The fraction of sp³-hybridized carbons (Fsp3) is 0.318. The van der Waals surface area contributed by atoms with Crippen LogP contribution in [0.3, 0.4) is 0 Å². The lowest BCUT2D eigenvalue weighted by atomic mass is 9.89. The molecular formula is C22H23Cl2N3O3. The van der Waals surface area contributed by atoms with Crippen LogP contribution in [0.15, 0.2) is 42.5 Å². The number of halogens is 2. The van der Waals surface area contributed by atoms with Crippen LogP contribution in [0, 0.1) is 5.92 Å². The molecule has 2 aromatic rings. The molecule has 30 heavy (non-hydrogen) atoms. The zero-order chi connectivity index (χ0) is 21.5. The molecule has 0 heterocycles. The van der Waals surface area contributed by atoms with E-state index in [4.69, 9.17) is 23.2 Å². The van der Waals surface area contributed by atoms with E-state index in [1.807, 2.05) is 0 Å². The van der Waals surface area contributed by atoms with Crippen molar-refractivity contribution in [2.24, 2.45) is 5.92 Å². The highest BCUT2D eigenvalue weighted by atomic mass is 35.5. The lowest BCUT2D eigenvalue weighted by Gasteiger charge is -2.20. The van der Waals surface area contributed by atoms with Gasteiger partial charge in [0.05, 0.1) is 6.42 Å². The number of carbonyl (C=O) groups is 3. The third kappa shape index (κ3) is 6.21. The van der Waals surface area contributed by atoms with Gasteiger partial charge in [-0.05, 0) is 54.8 Å². The molecule has 8 heteroatoms. The van der Waals surface area contributed by atoms with Crippen LogP contribution < -0.4 is 16.2 Å². The number of carbonyl (C=O) groups excluding carboxylic acids is 3. The van der Waals surface area contributed by atoms with Gasteiger partial charge < -0.3 is 5.32 Å². The molecule has 1 fully saturated rings. The summed E-state index contributed by atoms with van der Waals surface area (Å²) in [5.74, 6) is -0.834. The van der Waals surface area contributed by atoms with Crippen LogP contribution in [0.5, 0.6) is 0 Å². The van der Waals surface area contributed by atoms with E-state index in [-0.39, 0.29) is 24.2 Å². The van der Waals surface area contributed by atoms with Gasteiger partial charge in [-0.15, -0.1) is 0 Å². The predicted octanol–water partition coefficient (Wildman–Crippen LogP) is 4.52. The zero-order valence-corrected chi connectivity index (χ0v) is 17.9. The lowest BCUT2D eigenvalue weighted by Crippen LogP contribution is -2.44. The molecule has 3 rings (SSSR count). The highest BCUT2D eigenvalue weighted by Gasteiger charge is 2.21. The summed E-state index contributed by atoms with van der Waals surface area (Å²) < 4.78 is 0. The largest absolute Gasteiger partial charge is 0.326 e. The third-order valence-corrected chi connectivity index (χ3v) is 5.66. The first kappa shape index (κ1) is 22.1. The highest BCUT2D eigenvalue weighted by Crippen LogP contribution is 2.23. The SMILES string of the molecule is O=C(Cc1ccc(Cl)cc1Cl)Nc1ccc(C(=O)NNC(=O)C2CCCCC2)cc1. The molecule has 0 atom stereocenters. The average Bonchev–Trinajstić information content (AvgIpc) is 2.75. The summed E-state index contributed by atoms with van der Waals surface area (Å²) >= 11 is 12.0. The summed E-state index contributed by atoms with van der Waals surface area (Å²) in [6.07, 6.45) is 5.07. The van der Waals surface area contributed by atoms with Gasteiger partial charge in [0.15, 0.2) is 0 Å². The van der Waals surface area contributed by atoms with E-state index in [9.17, 15) is 14.4 Å². The topological polar surface area (TPSA) is 87.3 Å². The Hall–Kier alpha value is -2.57. The normalized spacial score (nSPS) is 14.1. The summed E-state index contributed by atoms with van der Waals surface area (Å²) in [5, 5.41) is 3.70. The maximum absolute atomic E-state index is 12.2. The first-order valence-corrected chi connectivity index (χ1v) is 10.6. The smallest absolute Gasteiger partial charge is 0.269 e. The lowest BCUT2D eigenvalue weighted by molar-refractivity contribution is -0.126. The summed E-state index contributed by atoms with van der Waals surface area (Å²) in [6.45, 7) is 0. The first-order valence-electron chi connectivity index (χ1n) is 9.86. The van der Waals surface area contributed by atoms with E-state index in [0.29, 0.717) is 26.9 Å². The molecule has 0 bridgehead atoms. The minimum Gasteiger partial charge on any atom is -0.326 e. The minimum atomic E-state index is -0.412. The second kappa shape index (κ2) is 10.5. The number of amides is 3. The van der Waals surface area contributed by atoms with Gasteiger partial charge in [-0.3, -0.25) is 25.2 Å². The van der Waals surface area contributed by atoms with Gasteiger partial charge in [-0.1, -0.05) is 48.5 Å². The molecular weight excluding hydrogens is 425 g/mol. The van der Waals surface area contributed by atoms with E-state index in [2.05, 4.69) is 16.2 Å². The number of benzene rings is 2. The first-order chi connectivity index (χ1) is 14.4. The molecule has 3 N–H and O–H groups in total. The molecule has 2 aromatic carbocycles. The van der Waals surface area contributed by atoms with Gasteiger partial charge >= 0.3 is 0 Å². The second-order valence-corrected chi connectivity index (χ2v) is 8.16. The molecule has 0 aliphatic heterocycles. The number of nitrogens with one attached hydrogen (secondary N) is 3. The average molecular weight is 448 g/mol. The molecule has 0 aromatic heterocycles. The minimum absolute atomic E-state index is 0.0363. The Morgan fingerprint density at radius 2 is 1.60 bits per heavy atom. The van der Waals surface area contributed by atoms with Gasteiger partial charge in [0, 0.05) is 27.2 Å². The van der Waals surface area contributed by atoms with Crippen LogP contribution in [-0.4, -0.2) is 17.7 Å². The molecule has 3 amide bonds. The van der Waals surface area contributed by atoms with Crippen molar-refractivity contribution in [2.45, 2.75) is 38.5 Å². The van der Waals surface area contributed by atoms with Crippen molar-refractivity contribution in [1.29, 1.82) is 0 Å². The summed E-state index contributed by atoms with van der Waals surface area (Å²) in [4.78, 5) is 36.6. The molecule has 1 saturated carbocycles. The van der Waals surface area contributed by atoms with Crippen LogP contribution in [0.25, 0.3) is 0 Å². The molecule has 1 aliphatic carbocycles. The van der Waals surface area contributed by atoms with E-state index in [0.717, 1.165) is 32.1 Å². The Morgan fingerprint density at radius 1 is 0.900 bits per heavy atom. The molecule has 0 radical (unpaired) electrons. The Kier molecular flexibility index (Phi) is 7.71. The number of hydrogen-bond acceptors (Lipinski definition) is 3. The van der Waals surface area contributed by atoms with Crippen molar-refractivity contribution in [3.8, 4) is 0 Å². The summed E-state index contributed by atoms with van der Waals surface area (Å²) in [6, 6.07) is 11.4. The molecule has 1 aliphatic rings. The predicted molar refractivity (Wildman–Crippen MR) is 117 cm³/mol. The number of rotatable bonds is 5.